The van der Waals surface area contributed by atoms with Gasteiger partial charge in [-0.05, 0) is 40.1 Å². The predicted octanol–water partition coefficient (Wildman–Crippen LogP) is 5.34. The molecule has 1 unspecified atom stereocenters. The van der Waals surface area contributed by atoms with E-state index < -0.39 is 0 Å². The standard InChI is InChI=1S/C25H24N2OS/c1-18(2)24(25(28)26-3)29-23-15-14-21(19-10-6-4-7-11-19)22(16-17-27-23)20-12-8-5-9-13-20/h4-14,16,18,24H,1-3H3,(H,26,28)/b22-21-. The number of thioether (sulfide) groups is 1. The molecule has 0 radical (unpaired) electrons. The molecule has 0 spiro atoms. The highest BCUT2D eigenvalue weighted by molar-refractivity contribution is 8.04. The molecule has 0 aliphatic carbocycles. The molecular formula is C25H24N2OS. The van der Waals surface area contributed by atoms with Crippen LogP contribution in [-0.2, 0) is 4.79 Å². The maximum Gasteiger partial charge on any atom is 0.233 e. The molecular weight excluding hydrogens is 376 g/mol. The van der Waals surface area contributed by atoms with Crippen molar-refractivity contribution in [2.24, 2.45) is 10.9 Å². The van der Waals surface area contributed by atoms with Gasteiger partial charge in [0.2, 0.25) is 5.91 Å². The number of carbonyl (C=O) groups is 1. The van der Waals surface area contributed by atoms with Gasteiger partial charge in [0.25, 0.3) is 0 Å². The minimum Gasteiger partial charge on any atom is -0.358 e. The molecule has 1 aliphatic rings. The van der Waals surface area contributed by atoms with Crippen LogP contribution in [0.4, 0.5) is 0 Å². The van der Waals surface area contributed by atoms with Crippen LogP contribution in [0.3, 0.4) is 0 Å². The lowest BCUT2D eigenvalue weighted by Gasteiger charge is -2.17. The number of hydrogen-bond donors (Lipinski definition) is 1. The van der Waals surface area contributed by atoms with Crippen molar-refractivity contribution in [3.05, 3.63) is 94.7 Å². The molecule has 2 aromatic rings. The summed E-state index contributed by atoms with van der Waals surface area (Å²) in [7, 11) is 1.66. The molecule has 146 valence electrons. The van der Waals surface area contributed by atoms with Crippen molar-refractivity contribution in [3.8, 4) is 0 Å². The highest BCUT2D eigenvalue weighted by atomic mass is 32.2. The van der Waals surface area contributed by atoms with E-state index in [1.807, 2.05) is 62.4 Å². The topological polar surface area (TPSA) is 41.5 Å². The van der Waals surface area contributed by atoms with Gasteiger partial charge in [-0.3, -0.25) is 4.79 Å². The molecule has 0 saturated heterocycles. The first-order chi connectivity index (χ1) is 14.1. The first-order valence-corrected chi connectivity index (χ1v) is 10.5. The number of aliphatic imine (C=N–C) groups is 1. The lowest BCUT2D eigenvalue weighted by Crippen LogP contribution is -2.33. The summed E-state index contributed by atoms with van der Waals surface area (Å²) in [6, 6.07) is 20.4. The third kappa shape index (κ3) is 5.28. The summed E-state index contributed by atoms with van der Waals surface area (Å²) in [4.78, 5) is 16.7. The second-order valence-electron chi connectivity index (χ2n) is 6.94. The van der Waals surface area contributed by atoms with E-state index in [0.29, 0.717) is 5.03 Å². The van der Waals surface area contributed by atoms with Crippen LogP contribution in [-0.4, -0.2) is 24.1 Å². The van der Waals surface area contributed by atoms with Crippen molar-refractivity contribution >= 4 is 34.7 Å². The molecule has 1 amide bonds. The van der Waals surface area contributed by atoms with Crippen molar-refractivity contribution in [1.29, 1.82) is 0 Å². The molecule has 3 rings (SSSR count). The van der Waals surface area contributed by atoms with E-state index in [1.165, 1.54) is 11.8 Å². The lowest BCUT2D eigenvalue weighted by atomic mass is 9.94. The van der Waals surface area contributed by atoms with E-state index in [2.05, 4.69) is 46.2 Å². The summed E-state index contributed by atoms with van der Waals surface area (Å²) in [6.07, 6.45) is 3.86. The Labute approximate surface area is 176 Å². The number of nitrogens with one attached hydrogen (secondary N) is 1. The second-order valence-corrected chi connectivity index (χ2v) is 8.07. The maximum atomic E-state index is 12.2. The second kappa shape index (κ2) is 9.95. The summed E-state index contributed by atoms with van der Waals surface area (Å²) in [5.74, 6) is 3.22. The molecule has 0 fully saturated rings. The molecule has 0 saturated carbocycles. The zero-order chi connectivity index (χ0) is 20.6. The van der Waals surface area contributed by atoms with Gasteiger partial charge in [-0.2, -0.15) is 4.99 Å². The fourth-order valence-electron chi connectivity index (χ4n) is 3.01. The molecule has 4 heteroatoms. The van der Waals surface area contributed by atoms with Crippen LogP contribution in [0.25, 0.3) is 11.1 Å². The number of benzene rings is 2. The van der Waals surface area contributed by atoms with E-state index in [4.69, 9.17) is 0 Å². The maximum absolute atomic E-state index is 12.2. The largest absolute Gasteiger partial charge is 0.358 e. The summed E-state index contributed by atoms with van der Waals surface area (Å²) < 4.78 is 0. The summed E-state index contributed by atoms with van der Waals surface area (Å²) in [5.41, 5.74) is 7.56. The quantitative estimate of drug-likeness (QED) is 0.665. The monoisotopic (exact) mass is 400 g/mol. The Hall–Kier alpha value is -3.03. The Bertz CT molecular complexity index is 1020. The van der Waals surface area contributed by atoms with Crippen LogP contribution in [0.2, 0.25) is 0 Å². The third-order valence-corrected chi connectivity index (χ3v) is 5.97. The average Bonchev–Trinajstić information content (AvgIpc) is 2.74. The van der Waals surface area contributed by atoms with Crippen LogP contribution in [0.1, 0.15) is 25.0 Å². The molecule has 1 N–H and O–H groups in total. The van der Waals surface area contributed by atoms with E-state index in [1.54, 1.807) is 7.05 Å². The molecule has 0 bridgehead atoms. The highest BCUT2D eigenvalue weighted by Gasteiger charge is 2.23. The van der Waals surface area contributed by atoms with Crippen LogP contribution < -0.4 is 5.32 Å². The molecule has 1 atom stereocenters. The summed E-state index contributed by atoms with van der Waals surface area (Å²) in [5, 5.41) is 3.14. The van der Waals surface area contributed by atoms with Gasteiger partial charge < -0.3 is 5.32 Å². The van der Waals surface area contributed by atoms with Gasteiger partial charge in [0, 0.05) is 13.1 Å². The Kier molecular flexibility index (Phi) is 7.10. The molecule has 1 aliphatic heterocycles. The van der Waals surface area contributed by atoms with Crippen molar-refractivity contribution in [2.45, 2.75) is 19.1 Å². The van der Waals surface area contributed by atoms with E-state index in [0.717, 1.165) is 22.3 Å². The summed E-state index contributed by atoms with van der Waals surface area (Å²) >= 11 is 1.41. The van der Waals surface area contributed by atoms with Gasteiger partial charge >= 0.3 is 0 Å². The first-order valence-electron chi connectivity index (χ1n) is 9.59. The third-order valence-electron chi connectivity index (χ3n) is 4.52. The number of nitrogens with zero attached hydrogens (tertiary/aromatic N) is 1. The van der Waals surface area contributed by atoms with E-state index in [9.17, 15) is 4.79 Å². The fraction of sp³-hybridized carbons (Fsp3) is 0.200. The Morgan fingerprint density at radius 1 is 0.931 bits per heavy atom. The number of rotatable bonds is 6. The Morgan fingerprint density at radius 3 is 2.00 bits per heavy atom. The fourth-order valence-corrected chi connectivity index (χ4v) is 3.98. The Balaban J connectivity index is 2.10. The SMILES string of the molecule is CNC(=O)C(SC1=C=C/C(c2ccccc2)=C(/c2ccccc2)C=C=N1)C(C)C. The highest BCUT2D eigenvalue weighted by Crippen LogP contribution is 2.31. The number of allylic oxidation sites excluding steroid dienone is 4. The predicted molar refractivity (Wildman–Crippen MR) is 124 cm³/mol. The van der Waals surface area contributed by atoms with Gasteiger partial charge in [-0.25, -0.2) is 0 Å². The summed E-state index contributed by atoms with van der Waals surface area (Å²) in [6.45, 7) is 4.06. The van der Waals surface area contributed by atoms with Crippen LogP contribution in [0.15, 0.2) is 88.6 Å². The zero-order valence-electron chi connectivity index (χ0n) is 16.8. The van der Waals surface area contributed by atoms with Gasteiger partial charge in [-0.15, -0.1) is 0 Å². The molecule has 1 heterocycles. The smallest absolute Gasteiger partial charge is 0.233 e. The molecule has 29 heavy (non-hydrogen) atoms. The normalized spacial score (nSPS) is 16.9. The van der Waals surface area contributed by atoms with Gasteiger partial charge in [0.15, 0.2) is 0 Å². The van der Waals surface area contributed by atoms with E-state index in [-0.39, 0.29) is 17.1 Å². The van der Waals surface area contributed by atoms with Crippen LogP contribution >= 0.6 is 11.8 Å². The Morgan fingerprint density at radius 2 is 1.48 bits per heavy atom. The minimum absolute atomic E-state index is 0.00987. The lowest BCUT2D eigenvalue weighted by molar-refractivity contribution is -0.120. The zero-order valence-corrected chi connectivity index (χ0v) is 17.7. The molecule has 0 aromatic heterocycles. The van der Waals surface area contributed by atoms with Crippen molar-refractivity contribution < 1.29 is 4.79 Å². The van der Waals surface area contributed by atoms with Crippen LogP contribution in [0.5, 0.6) is 0 Å². The van der Waals surface area contributed by atoms with Crippen molar-refractivity contribution in [1.82, 2.24) is 5.32 Å². The van der Waals surface area contributed by atoms with Gasteiger partial charge in [0.1, 0.15) is 5.03 Å². The number of hydrogen-bond acceptors (Lipinski definition) is 3. The minimum atomic E-state index is -0.237. The number of carbonyl (C=O) groups excluding carboxylic acids is 1. The van der Waals surface area contributed by atoms with Gasteiger partial charge in [0.05, 0.1) is 5.25 Å². The van der Waals surface area contributed by atoms with Crippen LogP contribution in [0, 0.1) is 5.92 Å². The number of amides is 1. The molecule has 2 aromatic carbocycles. The van der Waals surface area contributed by atoms with E-state index >= 15 is 0 Å². The average molecular weight is 401 g/mol. The van der Waals surface area contributed by atoms with Crippen molar-refractivity contribution in [3.63, 3.8) is 0 Å². The molecule has 3 nitrogen and oxygen atoms in total. The van der Waals surface area contributed by atoms with Gasteiger partial charge in [-0.1, -0.05) is 92.0 Å². The first kappa shape index (κ1) is 20.7. The van der Waals surface area contributed by atoms with Crippen molar-refractivity contribution in [2.75, 3.05) is 7.05 Å².